The molecule has 1 aliphatic heterocycles. The Morgan fingerprint density at radius 3 is 3.18 bits per heavy atom. The van der Waals surface area contributed by atoms with E-state index in [9.17, 15) is 5.11 Å². The van der Waals surface area contributed by atoms with Crippen molar-refractivity contribution in [2.75, 3.05) is 6.67 Å². The van der Waals surface area contributed by atoms with Crippen LogP contribution in [-0.2, 0) is 0 Å². The van der Waals surface area contributed by atoms with Crippen molar-refractivity contribution in [3.05, 3.63) is 41.0 Å². The number of allylic oxidation sites excluding steroid dienone is 1. The SMILES string of the molecule is Oc1ccc2c(c1)C1=CCC3NCN=C3C1=C2. The van der Waals surface area contributed by atoms with Crippen LogP contribution in [0.1, 0.15) is 17.5 Å². The lowest BCUT2D eigenvalue weighted by Crippen LogP contribution is -2.32. The largest absolute Gasteiger partial charge is 0.508 e. The van der Waals surface area contributed by atoms with Gasteiger partial charge in [-0.25, -0.2) is 0 Å². The average Bonchev–Trinajstić information content (AvgIpc) is 2.91. The Hall–Kier alpha value is -1.87. The second-order valence-corrected chi connectivity index (χ2v) is 4.64. The van der Waals surface area contributed by atoms with Crippen LogP contribution in [0.15, 0.2) is 34.8 Å². The first-order chi connectivity index (χ1) is 8.33. The zero-order valence-corrected chi connectivity index (χ0v) is 9.27. The van der Waals surface area contributed by atoms with Crippen molar-refractivity contribution in [3.63, 3.8) is 0 Å². The lowest BCUT2D eigenvalue weighted by molar-refractivity contribution is 0.475. The van der Waals surface area contributed by atoms with Crippen LogP contribution in [0, 0.1) is 0 Å². The number of aliphatic imine (C=N–C) groups is 1. The molecule has 0 saturated carbocycles. The zero-order valence-electron chi connectivity index (χ0n) is 9.27. The number of phenols is 1. The minimum absolute atomic E-state index is 0.327. The summed E-state index contributed by atoms with van der Waals surface area (Å²) in [5, 5.41) is 13.0. The summed E-state index contributed by atoms with van der Waals surface area (Å²) in [6.07, 6.45) is 5.41. The standard InChI is InChI=1S/C14H12N2O/c17-9-2-1-8-5-12-10(11(8)6-9)3-4-13-14(12)16-7-15-13/h1-3,5-6,13,15,17H,4,7H2. The van der Waals surface area contributed by atoms with Gasteiger partial charge >= 0.3 is 0 Å². The summed E-state index contributed by atoms with van der Waals surface area (Å²) in [5.74, 6) is 0.327. The van der Waals surface area contributed by atoms with Crippen LogP contribution in [0.5, 0.6) is 5.75 Å². The van der Waals surface area contributed by atoms with E-state index in [2.05, 4.69) is 22.5 Å². The van der Waals surface area contributed by atoms with E-state index in [1.54, 1.807) is 6.07 Å². The van der Waals surface area contributed by atoms with Crippen molar-refractivity contribution >= 4 is 17.4 Å². The van der Waals surface area contributed by atoms with Crippen molar-refractivity contribution < 1.29 is 5.11 Å². The third kappa shape index (κ3) is 1.17. The molecule has 3 heteroatoms. The molecule has 1 aromatic rings. The minimum Gasteiger partial charge on any atom is -0.508 e. The van der Waals surface area contributed by atoms with Crippen molar-refractivity contribution in [2.45, 2.75) is 12.5 Å². The van der Waals surface area contributed by atoms with Crippen LogP contribution >= 0.6 is 0 Å². The molecule has 3 nitrogen and oxygen atoms in total. The molecule has 0 spiro atoms. The summed E-state index contributed by atoms with van der Waals surface area (Å²) < 4.78 is 0. The van der Waals surface area contributed by atoms with Crippen molar-refractivity contribution in [1.82, 2.24) is 5.32 Å². The summed E-state index contributed by atoms with van der Waals surface area (Å²) in [7, 11) is 0. The topological polar surface area (TPSA) is 44.6 Å². The van der Waals surface area contributed by atoms with Crippen LogP contribution in [0.4, 0.5) is 0 Å². The first-order valence-corrected chi connectivity index (χ1v) is 5.86. The van der Waals surface area contributed by atoms with Crippen LogP contribution in [-0.4, -0.2) is 23.5 Å². The molecule has 2 N–H and O–H groups in total. The highest BCUT2D eigenvalue weighted by atomic mass is 16.3. The van der Waals surface area contributed by atoms with Gasteiger partial charge in [0.15, 0.2) is 0 Å². The fraction of sp³-hybridized carbons (Fsp3) is 0.214. The molecule has 0 fully saturated rings. The molecular weight excluding hydrogens is 212 g/mol. The van der Waals surface area contributed by atoms with Crippen molar-refractivity contribution in [2.24, 2.45) is 4.99 Å². The van der Waals surface area contributed by atoms with Gasteiger partial charge in [0.2, 0.25) is 0 Å². The van der Waals surface area contributed by atoms with Crippen molar-refractivity contribution in [3.8, 4) is 5.75 Å². The van der Waals surface area contributed by atoms with E-state index in [1.165, 1.54) is 22.4 Å². The van der Waals surface area contributed by atoms with Gasteiger partial charge in [0, 0.05) is 5.57 Å². The minimum atomic E-state index is 0.327. The van der Waals surface area contributed by atoms with Gasteiger partial charge in [-0.2, -0.15) is 0 Å². The fourth-order valence-electron chi connectivity index (χ4n) is 2.86. The molecule has 0 amide bonds. The Morgan fingerprint density at radius 2 is 2.24 bits per heavy atom. The number of hydrogen-bond acceptors (Lipinski definition) is 3. The Kier molecular flexibility index (Phi) is 1.66. The summed E-state index contributed by atoms with van der Waals surface area (Å²) in [5.41, 5.74) is 5.95. The second-order valence-electron chi connectivity index (χ2n) is 4.64. The summed E-state index contributed by atoms with van der Waals surface area (Å²) in [4.78, 5) is 4.54. The van der Waals surface area contributed by atoms with Gasteiger partial charge in [0.05, 0.1) is 18.4 Å². The van der Waals surface area contributed by atoms with Gasteiger partial charge in [-0.1, -0.05) is 12.1 Å². The summed E-state index contributed by atoms with van der Waals surface area (Å²) in [6, 6.07) is 5.93. The Morgan fingerprint density at radius 1 is 1.29 bits per heavy atom. The van der Waals surface area contributed by atoms with Gasteiger partial charge in [-0.15, -0.1) is 0 Å². The monoisotopic (exact) mass is 224 g/mol. The molecule has 1 unspecified atom stereocenters. The van der Waals surface area contributed by atoms with Crippen LogP contribution in [0.25, 0.3) is 11.6 Å². The quantitative estimate of drug-likeness (QED) is 0.707. The number of benzene rings is 1. The number of fused-ring (bicyclic) bond motifs is 5. The fourth-order valence-corrected chi connectivity index (χ4v) is 2.86. The van der Waals surface area contributed by atoms with E-state index in [0.717, 1.165) is 18.7 Å². The molecule has 17 heavy (non-hydrogen) atoms. The van der Waals surface area contributed by atoms with Gasteiger partial charge in [0.25, 0.3) is 0 Å². The van der Waals surface area contributed by atoms with Crippen molar-refractivity contribution in [1.29, 1.82) is 0 Å². The first-order valence-electron chi connectivity index (χ1n) is 5.86. The Balaban J connectivity index is 1.92. The molecule has 1 atom stereocenters. The molecule has 4 rings (SSSR count). The maximum absolute atomic E-state index is 9.58. The highest BCUT2D eigenvalue weighted by molar-refractivity contribution is 6.23. The lowest BCUT2D eigenvalue weighted by atomic mass is 9.88. The highest BCUT2D eigenvalue weighted by Crippen LogP contribution is 2.41. The smallest absolute Gasteiger partial charge is 0.116 e. The maximum atomic E-state index is 9.58. The van der Waals surface area contributed by atoms with Crippen LogP contribution in [0.2, 0.25) is 0 Å². The molecule has 0 aromatic heterocycles. The van der Waals surface area contributed by atoms with E-state index < -0.39 is 0 Å². The van der Waals surface area contributed by atoms with E-state index in [-0.39, 0.29) is 0 Å². The number of phenolic OH excluding ortho intramolecular Hbond substituents is 1. The van der Waals surface area contributed by atoms with E-state index in [4.69, 9.17) is 0 Å². The zero-order chi connectivity index (χ0) is 11.4. The highest BCUT2D eigenvalue weighted by Gasteiger charge is 2.32. The third-order valence-electron chi connectivity index (χ3n) is 3.67. The second kappa shape index (κ2) is 3.08. The number of hydrogen-bond donors (Lipinski definition) is 2. The van der Waals surface area contributed by atoms with Crippen LogP contribution in [0.3, 0.4) is 0 Å². The molecule has 0 bridgehead atoms. The van der Waals surface area contributed by atoms with Crippen LogP contribution < -0.4 is 5.32 Å². The normalized spacial score (nSPS) is 24.5. The Labute approximate surface area is 99.2 Å². The number of aromatic hydroxyl groups is 1. The predicted molar refractivity (Wildman–Crippen MR) is 67.9 cm³/mol. The molecule has 1 aromatic carbocycles. The first kappa shape index (κ1) is 9.19. The van der Waals surface area contributed by atoms with Gasteiger partial charge in [-0.3, -0.25) is 10.3 Å². The molecule has 1 heterocycles. The van der Waals surface area contributed by atoms with E-state index in [1.807, 2.05) is 12.1 Å². The number of nitrogens with one attached hydrogen (secondary N) is 1. The molecule has 2 aliphatic carbocycles. The lowest BCUT2D eigenvalue weighted by Gasteiger charge is -2.20. The van der Waals surface area contributed by atoms with Gasteiger partial charge in [0.1, 0.15) is 5.75 Å². The van der Waals surface area contributed by atoms with Gasteiger partial charge < -0.3 is 5.11 Å². The summed E-state index contributed by atoms with van der Waals surface area (Å²) >= 11 is 0. The average molecular weight is 224 g/mol. The predicted octanol–water partition coefficient (Wildman–Crippen LogP) is 1.95. The maximum Gasteiger partial charge on any atom is 0.116 e. The number of rotatable bonds is 0. The molecule has 84 valence electrons. The molecule has 0 radical (unpaired) electrons. The number of nitrogens with zero attached hydrogens (tertiary/aromatic N) is 1. The van der Waals surface area contributed by atoms with Gasteiger partial charge in [-0.05, 0) is 41.3 Å². The molecular formula is C14H12N2O. The van der Waals surface area contributed by atoms with E-state index >= 15 is 0 Å². The third-order valence-corrected chi connectivity index (χ3v) is 3.67. The molecule has 0 saturated heterocycles. The Bertz CT molecular complexity index is 611. The molecule has 3 aliphatic rings. The van der Waals surface area contributed by atoms with E-state index in [0.29, 0.717) is 11.8 Å². The summed E-state index contributed by atoms with van der Waals surface area (Å²) in [6.45, 7) is 0.722.